The number of hydrogen-bond donors (Lipinski definition) is 1. The van der Waals surface area contributed by atoms with Gasteiger partial charge in [0.1, 0.15) is 11.4 Å². The molecule has 0 radical (unpaired) electrons. The molecule has 0 unspecified atom stereocenters. The Labute approximate surface area is 140 Å². The quantitative estimate of drug-likeness (QED) is 0.429. The van der Waals surface area contributed by atoms with Gasteiger partial charge >= 0.3 is 0 Å². The van der Waals surface area contributed by atoms with E-state index in [0.717, 1.165) is 0 Å². The minimum Gasteiger partial charge on any atom is -0.491 e. The lowest BCUT2D eigenvalue weighted by Gasteiger charge is -2.21. The number of oxime groups is 1. The molecule has 23 heavy (non-hydrogen) atoms. The predicted molar refractivity (Wildman–Crippen MR) is 96.5 cm³/mol. The Morgan fingerprint density at radius 1 is 1.22 bits per heavy atom. The number of halogens is 1. The molecule has 0 aliphatic rings. The Morgan fingerprint density at radius 2 is 1.74 bits per heavy atom. The fraction of sp³-hybridized carbons (Fsp3) is 0.556. The largest absolute Gasteiger partial charge is 0.491 e. The summed E-state index contributed by atoms with van der Waals surface area (Å²) in [5, 5.41) is 10.8. The second-order valence-electron chi connectivity index (χ2n) is 4.90. The first-order chi connectivity index (χ1) is 10.8. The van der Waals surface area contributed by atoms with Crippen LogP contribution >= 0.6 is 0 Å². The van der Waals surface area contributed by atoms with Gasteiger partial charge in [-0.25, -0.2) is 4.39 Å². The molecule has 0 saturated heterocycles. The van der Waals surface area contributed by atoms with Crippen LogP contribution in [0.3, 0.4) is 0 Å². The van der Waals surface area contributed by atoms with E-state index in [1.807, 2.05) is 41.5 Å². The van der Waals surface area contributed by atoms with E-state index in [0.29, 0.717) is 16.9 Å². The van der Waals surface area contributed by atoms with Crippen molar-refractivity contribution in [3.05, 3.63) is 29.3 Å². The van der Waals surface area contributed by atoms with Crippen molar-refractivity contribution in [1.82, 2.24) is 0 Å². The molecular formula is C18H31FN2O2. The van der Waals surface area contributed by atoms with Gasteiger partial charge in [-0.05, 0) is 45.9 Å². The molecule has 0 spiro atoms. The highest BCUT2D eigenvalue weighted by molar-refractivity contribution is 5.92. The van der Waals surface area contributed by atoms with Crippen molar-refractivity contribution in [3.8, 4) is 5.75 Å². The molecular weight excluding hydrogens is 295 g/mol. The average molecular weight is 326 g/mol. The van der Waals surface area contributed by atoms with Gasteiger partial charge < -0.3 is 9.57 Å². The summed E-state index contributed by atoms with van der Waals surface area (Å²) < 4.78 is 19.8. The molecule has 0 aromatic heterocycles. The topological polar surface area (TPSA) is 54.7 Å². The second-order valence-corrected chi connectivity index (χ2v) is 4.90. The highest BCUT2D eigenvalue weighted by Crippen LogP contribution is 2.34. The van der Waals surface area contributed by atoms with Crippen LogP contribution in [0.4, 0.5) is 4.39 Å². The standard InChI is InChI=1S/C14H19FN2O2.2C2H6/c1-9(2)18-12-7-6-10(13(16)19-17-5)8-11(12)14(3,4)15;2*1-2/h6-9,16H,5H2,1-4H3;2*1-2H3. The number of benzene rings is 1. The van der Waals surface area contributed by atoms with E-state index < -0.39 is 5.67 Å². The van der Waals surface area contributed by atoms with Crippen molar-refractivity contribution in [2.24, 2.45) is 5.16 Å². The van der Waals surface area contributed by atoms with Crippen LogP contribution in [0, 0.1) is 5.41 Å². The molecule has 0 heterocycles. The molecule has 0 amide bonds. The van der Waals surface area contributed by atoms with Crippen LogP contribution in [0.15, 0.2) is 23.4 Å². The Bertz CT molecular complexity index is 480. The summed E-state index contributed by atoms with van der Waals surface area (Å²) in [6, 6.07) is 4.79. The maximum Gasteiger partial charge on any atom is 0.248 e. The summed E-state index contributed by atoms with van der Waals surface area (Å²) >= 11 is 0. The molecule has 132 valence electrons. The minimum atomic E-state index is -1.58. The normalized spacial score (nSPS) is 9.83. The van der Waals surface area contributed by atoms with Gasteiger partial charge in [-0.2, -0.15) is 0 Å². The summed E-state index contributed by atoms with van der Waals surface area (Å²) in [6.07, 6.45) is -0.0579. The van der Waals surface area contributed by atoms with E-state index in [1.165, 1.54) is 19.9 Å². The number of ether oxygens (including phenoxy) is 1. The first kappa shape index (κ1) is 23.4. The Balaban J connectivity index is 0. The van der Waals surface area contributed by atoms with Gasteiger partial charge in [0.2, 0.25) is 5.90 Å². The Morgan fingerprint density at radius 3 is 2.13 bits per heavy atom. The zero-order valence-corrected chi connectivity index (χ0v) is 15.7. The predicted octanol–water partition coefficient (Wildman–Crippen LogP) is 5.69. The minimum absolute atomic E-state index is 0.0579. The van der Waals surface area contributed by atoms with Crippen molar-refractivity contribution in [2.75, 3.05) is 0 Å². The molecule has 0 saturated carbocycles. The third-order valence-corrected chi connectivity index (χ3v) is 2.40. The van der Waals surface area contributed by atoms with Gasteiger partial charge in [-0.15, -0.1) is 0 Å². The summed E-state index contributed by atoms with van der Waals surface area (Å²) in [7, 11) is 0. The van der Waals surface area contributed by atoms with Gasteiger partial charge in [-0.1, -0.05) is 32.9 Å². The Kier molecular flexibility index (Phi) is 11.8. The highest BCUT2D eigenvalue weighted by Gasteiger charge is 2.25. The summed E-state index contributed by atoms with van der Waals surface area (Å²) in [4.78, 5) is 4.65. The average Bonchev–Trinajstić information content (AvgIpc) is 2.50. The molecule has 0 aliphatic carbocycles. The fourth-order valence-electron chi connectivity index (χ4n) is 1.61. The SMILES string of the molecule is C=NOC(=N)c1ccc(OC(C)C)c(C(C)(C)F)c1.CC.CC. The second kappa shape index (κ2) is 11.6. The maximum atomic E-state index is 14.2. The third kappa shape index (κ3) is 8.33. The van der Waals surface area contributed by atoms with Crippen LogP contribution in [0.1, 0.15) is 66.5 Å². The van der Waals surface area contributed by atoms with E-state index in [1.54, 1.807) is 12.1 Å². The molecule has 0 bridgehead atoms. The van der Waals surface area contributed by atoms with Crippen molar-refractivity contribution in [1.29, 1.82) is 5.41 Å². The van der Waals surface area contributed by atoms with Crippen molar-refractivity contribution in [2.45, 2.75) is 67.2 Å². The van der Waals surface area contributed by atoms with Gasteiger partial charge in [0.15, 0.2) is 0 Å². The number of nitrogens with zero attached hydrogens (tertiary/aromatic N) is 1. The van der Waals surface area contributed by atoms with Crippen LogP contribution in [0.2, 0.25) is 0 Å². The first-order valence-corrected chi connectivity index (χ1v) is 7.97. The lowest BCUT2D eigenvalue weighted by molar-refractivity contribution is 0.193. The monoisotopic (exact) mass is 326 g/mol. The smallest absolute Gasteiger partial charge is 0.248 e. The third-order valence-electron chi connectivity index (χ3n) is 2.40. The zero-order valence-electron chi connectivity index (χ0n) is 15.7. The molecule has 1 aromatic carbocycles. The summed E-state index contributed by atoms with van der Waals surface area (Å²) in [5.74, 6) is 0.280. The molecule has 0 fully saturated rings. The first-order valence-electron chi connectivity index (χ1n) is 7.97. The van der Waals surface area contributed by atoms with Crippen LogP contribution in [0.5, 0.6) is 5.75 Å². The summed E-state index contributed by atoms with van der Waals surface area (Å²) in [5.41, 5.74) is -0.789. The van der Waals surface area contributed by atoms with Gasteiger partial charge in [-0.3, -0.25) is 5.41 Å². The van der Waals surface area contributed by atoms with E-state index in [4.69, 9.17) is 10.1 Å². The van der Waals surface area contributed by atoms with Gasteiger partial charge in [0.05, 0.1) is 6.10 Å². The van der Waals surface area contributed by atoms with Crippen LogP contribution < -0.4 is 4.74 Å². The van der Waals surface area contributed by atoms with Crippen molar-refractivity contribution >= 4 is 12.6 Å². The van der Waals surface area contributed by atoms with Crippen LogP contribution in [-0.2, 0) is 10.5 Å². The number of rotatable bonds is 5. The van der Waals surface area contributed by atoms with Crippen LogP contribution in [-0.4, -0.2) is 18.7 Å². The molecule has 0 aliphatic heterocycles. The van der Waals surface area contributed by atoms with E-state index in [2.05, 4.69) is 16.7 Å². The van der Waals surface area contributed by atoms with E-state index >= 15 is 0 Å². The van der Waals surface area contributed by atoms with Crippen molar-refractivity contribution in [3.63, 3.8) is 0 Å². The number of hydrogen-bond acceptors (Lipinski definition) is 4. The number of alkyl halides is 1. The maximum absolute atomic E-state index is 14.2. The lowest BCUT2D eigenvalue weighted by Crippen LogP contribution is -2.16. The lowest BCUT2D eigenvalue weighted by atomic mass is 9.96. The number of nitrogens with one attached hydrogen (secondary N) is 1. The van der Waals surface area contributed by atoms with Gasteiger partial charge in [0, 0.05) is 17.8 Å². The molecule has 0 atom stereocenters. The van der Waals surface area contributed by atoms with Crippen molar-refractivity contribution < 1.29 is 14.0 Å². The molecule has 4 nitrogen and oxygen atoms in total. The molecule has 1 aromatic rings. The van der Waals surface area contributed by atoms with Gasteiger partial charge in [0.25, 0.3) is 0 Å². The molecule has 1 N–H and O–H groups in total. The molecule has 1 rings (SSSR count). The highest BCUT2D eigenvalue weighted by atomic mass is 19.1. The fourth-order valence-corrected chi connectivity index (χ4v) is 1.61. The summed E-state index contributed by atoms with van der Waals surface area (Å²) in [6.45, 7) is 17.8. The van der Waals surface area contributed by atoms with E-state index in [9.17, 15) is 4.39 Å². The van der Waals surface area contributed by atoms with E-state index in [-0.39, 0.29) is 12.0 Å². The zero-order chi connectivity index (χ0) is 18.6. The Hall–Kier alpha value is -1.91. The van der Waals surface area contributed by atoms with Crippen LogP contribution in [0.25, 0.3) is 0 Å². The molecule has 5 heteroatoms.